The van der Waals surface area contributed by atoms with Crippen LogP contribution in [0.3, 0.4) is 0 Å². The van der Waals surface area contributed by atoms with Crippen molar-refractivity contribution in [2.75, 3.05) is 18.4 Å². The van der Waals surface area contributed by atoms with Crippen LogP contribution in [0.4, 0.5) is 6.01 Å². The maximum Gasteiger partial charge on any atom is 0.297 e. The molecule has 2 aromatic heterocycles. The van der Waals surface area contributed by atoms with Crippen molar-refractivity contribution in [2.24, 2.45) is 0 Å². The topological polar surface area (TPSA) is 74.4 Å². The van der Waals surface area contributed by atoms with Crippen LogP contribution < -0.4 is 5.32 Å². The second kappa shape index (κ2) is 5.68. The molecule has 0 unspecified atom stereocenters. The van der Waals surface area contributed by atoms with E-state index in [9.17, 15) is 5.11 Å². The smallest absolute Gasteiger partial charge is 0.297 e. The molecule has 2 aliphatic rings. The van der Waals surface area contributed by atoms with E-state index in [0.717, 1.165) is 38.8 Å². The van der Waals surface area contributed by atoms with E-state index in [1.54, 1.807) is 12.1 Å². The number of aromatic nitrogens is 2. The number of aliphatic hydroxyl groups excluding tert-OH is 1. The van der Waals surface area contributed by atoms with Crippen molar-refractivity contribution >= 4 is 28.8 Å². The van der Waals surface area contributed by atoms with Crippen molar-refractivity contribution in [3.05, 3.63) is 17.3 Å². The number of halogens is 1. The highest BCUT2D eigenvalue weighted by Crippen LogP contribution is 2.29. The van der Waals surface area contributed by atoms with Gasteiger partial charge in [-0.3, -0.25) is 4.90 Å². The van der Waals surface area contributed by atoms with Gasteiger partial charge in [0.1, 0.15) is 5.15 Å². The summed E-state index contributed by atoms with van der Waals surface area (Å²) in [5.41, 5.74) is 1.17. The molecule has 0 radical (unpaired) electrons. The Hall–Kier alpha value is -1.37. The Morgan fingerprint density at radius 1 is 1.32 bits per heavy atom. The van der Waals surface area contributed by atoms with Crippen LogP contribution in [0.2, 0.25) is 5.15 Å². The van der Waals surface area contributed by atoms with Crippen molar-refractivity contribution in [3.63, 3.8) is 0 Å². The summed E-state index contributed by atoms with van der Waals surface area (Å²) in [4.78, 5) is 11.0. The lowest BCUT2D eigenvalue weighted by Gasteiger charge is -2.44. The molecule has 0 amide bonds. The van der Waals surface area contributed by atoms with Gasteiger partial charge in [-0.15, -0.1) is 0 Å². The second-order valence-corrected chi connectivity index (χ2v) is 6.62. The van der Waals surface area contributed by atoms with Crippen molar-refractivity contribution in [2.45, 2.75) is 43.9 Å². The average Bonchev–Trinajstić information content (AvgIpc) is 2.85. The Morgan fingerprint density at radius 3 is 3.00 bits per heavy atom. The van der Waals surface area contributed by atoms with Crippen LogP contribution in [0.1, 0.15) is 25.7 Å². The molecule has 1 aliphatic heterocycles. The van der Waals surface area contributed by atoms with Gasteiger partial charge in [-0.1, -0.05) is 11.6 Å². The van der Waals surface area contributed by atoms with Crippen molar-refractivity contribution in [1.29, 1.82) is 0 Å². The van der Waals surface area contributed by atoms with Crippen molar-refractivity contribution < 1.29 is 9.52 Å². The number of aliphatic hydroxyl groups is 1. The van der Waals surface area contributed by atoms with Crippen LogP contribution in [0.5, 0.6) is 0 Å². The number of likely N-dealkylation sites (tertiary alicyclic amines) is 1. The number of hydrogen-bond acceptors (Lipinski definition) is 6. The number of hydrogen-bond donors (Lipinski definition) is 2. The minimum atomic E-state index is -0.105. The summed E-state index contributed by atoms with van der Waals surface area (Å²) in [5.74, 6) is 0. The molecule has 2 N–H and O–H groups in total. The molecular weight excluding hydrogens is 304 g/mol. The zero-order valence-corrected chi connectivity index (χ0v) is 13.0. The van der Waals surface area contributed by atoms with E-state index in [1.165, 1.54) is 0 Å². The zero-order chi connectivity index (χ0) is 15.1. The van der Waals surface area contributed by atoms with Gasteiger partial charge in [0.05, 0.1) is 6.10 Å². The summed E-state index contributed by atoms with van der Waals surface area (Å²) in [5, 5.41) is 13.3. The molecule has 4 rings (SSSR count). The average molecular weight is 323 g/mol. The fourth-order valence-electron chi connectivity index (χ4n) is 3.34. The molecule has 3 heterocycles. The van der Waals surface area contributed by atoms with E-state index in [4.69, 9.17) is 16.0 Å². The molecule has 1 saturated heterocycles. The molecule has 2 fully saturated rings. The van der Waals surface area contributed by atoms with Crippen LogP contribution in [0.25, 0.3) is 11.2 Å². The summed E-state index contributed by atoms with van der Waals surface area (Å²) >= 11 is 5.87. The standard InChI is InChI=1S/C15H19ClN4O2/c16-13-4-3-12-14(18-13)19-15(22-12)17-9-2-1-5-20(8-9)10-6-11(21)7-10/h3-4,9-11,21H,1-2,5-8H2,(H,17,18,19)/t9-,10?,11?/m1/s1. The first-order chi connectivity index (χ1) is 10.7. The van der Waals surface area contributed by atoms with Gasteiger partial charge in [-0.2, -0.15) is 4.98 Å². The van der Waals surface area contributed by atoms with Gasteiger partial charge in [-0.05, 0) is 44.4 Å². The Bertz CT molecular complexity index is 671. The van der Waals surface area contributed by atoms with E-state index >= 15 is 0 Å². The zero-order valence-electron chi connectivity index (χ0n) is 12.2. The molecule has 118 valence electrons. The quantitative estimate of drug-likeness (QED) is 0.844. The minimum absolute atomic E-state index is 0.105. The summed E-state index contributed by atoms with van der Waals surface area (Å²) in [6.07, 6.45) is 3.94. The van der Waals surface area contributed by atoms with Crippen LogP contribution in [0.15, 0.2) is 16.5 Å². The maximum absolute atomic E-state index is 9.47. The Morgan fingerprint density at radius 2 is 2.18 bits per heavy atom. The summed E-state index contributed by atoms with van der Waals surface area (Å²) < 4.78 is 5.68. The van der Waals surface area contributed by atoms with Gasteiger partial charge < -0.3 is 14.8 Å². The molecule has 6 nitrogen and oxygen atoms in total. The van der Waals surface area contributed by atoms with Gasteiger partial charge in [0, 0.05) is 18.6 Å². The number of oxazole rings is 1. The van der Waals surface area contributed by atoms with Crippen LogP contribution in [0, 0.1) is 0 Å². The highest BCUT2D eigenvalue weighted by atomic mass is 35.5. The van der Waals surface area contributed by atoms with E-state index in [1.807, 2.05) is 0 Å². The first-order valence-corrected chi connectivity index (χ1v) is 8.17. The molecule has 2 aromatic rings. The summed E-state index contributed by atoms with van der Waals surface area (Å²) in [7, 11) is 0. The van der Waals surface area contributed by atoms with Crippen LogP contribution in [-0.2, 0) is 0 Å². The Kier molecular flexibility index (Phi) is 3.68. The number of fused-ring (bicyclic) bond motifs is 1. The fraction of sp³-hybridized carbons (Fsp3) is 0.600. The number of anilines is 1. The minimum Gasteiger partial charge on any atom is -0.422 e. The molecule has 1 atom stereocenters. The lowest BCUT2D eigenvalue weighted by atomic mass is 9.86. The molecule has 1 aliphatic carbocycles. The number of nitrogens with one attached hydrogen (secondary N) is 1. The predicted octanol–water partition coefficient (Wildman–Crippen LogP) is 2.28. The third kappa shape index (κ3) is 2.78. The highest BCUT2D eigenvalue weighted by molar-refractivity contribution is 6.29. The number of piperidine rings is 1. The third-order valence-electron chi connectivity index (χ3n) is 4.60. The SMILES string of the molecule is OC1CC(N2CCC[C@@H](Nc3nc4nc(Cl)ccc4o3)C2)C1. The van der Waals surface area contributed by atoms with E-state index in [-0.39, 0.29) is 6.10 Å². The lowest BCUT2D eigenvalue weighted by molar-refractivity contribution is -0.00736. The molecular formula is C15H19ClN4O2. The first-order valence-electron chi connectivity index (χ1n) is 7.79. The number of pyridine rings is 1. The number of nitrogens with zero attached hydrogens (tertiary/aromatic N) is 3. The first kappa shape index (κ1) is 14.2. The third-order valence-corrected chi connectivity index (χ3v) is 4.82. The largest absolute Gasteiger partial charge is 0.422 e. The van der Waals surface area contributed by atoms with Crippen molar-refractivity contribution in [1.82, 2.24) is 14.9 Å². The van der Waals surface area contributed by atoms with Gasteiger partial charge in [0.25, 0.3) is 6.01 Å². The molecule has 1 saturated carbocycles. The fourth-order valence-corrected chi connectivity index (χ4v) is 3.49. The molecule has 0 spiro atoms. The van der Waals surface area contributed by atoms with E-state index in [2.05, 4.69) is 20.2 Å². The second-order valence-electron chi connectivity index (χ2n) is 6.23. The molecule has 0 aromatic carbocycles. The molecule has 22 heavy (non-hydrogen) atoms. The predicted molar refractivity (Wildman–Crippen MR) is 84.1 cm³/mol. The summed E-state index contributed by atoms with van der Waals surface area (Å²) in [6.45, 7) is 2.07. The van der Waals surface area contributed by atoms with E-state index in [0.29, 0.717) is 34.5 Å². The molecule has 0 bridgehead atoms. The molecule has 7 heteroatoms. The van der Waals surface area contributed by atoms with Gasteiger partial charge >= 0.3 is 0 Å². The van der Waals surface area contributed by atoms with Crippen LogP contribution >= 0.6 is 11.6 Å². The number of rotatable bonds is 3. The van der Waals surface area contributed by atoms with Crippen LogP contribution in [-0.4, -0.2) is 51.3 Å². The lowest BCUT2D eigenvalue weighted by Crippen LogP contribution is -2.53. The Balaban J connectivity index is 1.43. The van der Waals surface area contributed by atoms with Gasteiger partial charge in [0.15, 0.2) is 5.58 Å². The summed E-state index contributed by atoms with van der Waals surface area (Å²) in [6, 6.07) is 4.83. The highest BCUT2D eigenvalue weighted by Gasteiger charge is 2.34. The van der Waals surface area contributed by atoms with Gasteiger partial charge in [0.2, 0.25) is 5.65 Å². The van der Waals surface area contributed by atoms with Crippen molar-refractivity contribution in [3.8, 4) is 0 Å². The monoisotopic (exact) mass is 322 g/mol. The Labute approximate surface area is 133 Å². The maximum atomic E-state index is 9.47. The van der Waals surface area contributed by atoms with E-state index < -0.39 is 0 Å². The van der Waals surface area contributed by atoms with Gasteiger partial charge in [-0.25, -0.2) is 4.98 Å². The normalized spacial score (nSPS) is 29.5.